The molecular formula is C30H24N2O5. The summed E-state index contributed by atoms with van der Waals surface area (Å²) in [7, 11) is 0. The van der Waals surface area contributed by atoms with Crippen molar-refractivity contribution in [1.29, 1.82) is 0 Å². The van der Waals surface area contributed by atoms with Gasteiger partial charge in [-0.2, -0.15) is 0 Å². The molecule has 1 amide bonds. The quantitative estimate of drug-likeness (QED) is 0.227. The number of aliphatic hydroxyl groups is 1. The minimum Gasteiger partial charge on any atom is -0.507 e. The second-order valence-corrected chi connectivity index (χ2v) is 9.69. The van der Waals surface area contributed by atoms with Gasteiger partial charge in [0.1, 0.15) is 5.76 Å². The van der Waals surface area contributed by atoms with Crippen molar-refractivity contribution in [2.45, 2.75) is 31.7 Å². The average Bonchev–Trinajstić information content (AvgIpc) is 3.64. The number of Topliss-reactive ketones (excluding diaryl/α,β-unsaturated/α-hetero) is 1. The van der Waals surface area contributed by atoms with E-state index in [0.717, 1.165) is 42.1 Å². The number of anilines is 1. The number of carbonyl (C=O) groups is 2. The molecule has 1 atom stereocenters. The van der Waals surface area contributed by atoms with Gasteiger partial charge in [0.2, 0.25) is 6.79 Å². The number of H-pyrrole nitrogens is 1. The van der Waals surface area contributed by atoms with Gasteiger partial charge in [0.25, 0.3) is 11.7 Å². The van der Waals surface area contributed by atoms with Gasteiger partial charge < -0.3 is 19.6 Å². The van der Waals surface area contributed by atoms with E-state index in [4.69, 9.17) is 9.47 Å². The second-order valence-electron chi connectivity index (χ2n) is 9.69. The number of ether oxygens (including phenoxy) is 2. The number of fused-ring (bicyclic) bond motifs is 3. The molecule has 0 saturated carbocycles. The molecule has 2 aliphatic heterocycles. The zero-order valence-corrected chi connectivity index (χ0v) is 20.0. The molecule has 3 aromatic carbocycles. The smallest absolute Gasteiger partial charge is 0.300 e. The third kappa shape index (κ3) is 3.34. The molecule has 1 saturated heterocycles. The number of carbonyl (C=O) groups excluding carboxylic acids is 2. The summed E-state index contributed by atoms with van der Waals surface area (Å²) in [6, 6.07) is 17.9. The third-order valence-corrected chi connectivity index (χ3v) is 7.62. The maximum Gasteiger partial charge on any atom is 0.300 e. The number of aromatic amines is 1. The maximum atomic E-state index is 13.6. The number of rotatable bonds is 3. The highest BCUT2D eigenvalue weighted by Gasteiger charge is 2.48. The van der Waals surface area contributed by atoms with Gasteiger partial charge >= 0.3 is 0 Å². The first-order chi connectivity index (χ1) is 18.1. The van der Waals surface area contributed by atoms with Crippen LogP contribution in [0.15, 0.2) is 72.4 Å². The summed E-state index contributed by atoms with van der Waals surface area (Å²) >= 11 is 0. The summed E-state index contributed by atoms with van der Waals surface area (Å²) < 4.78 is 11.0. The number of aryl methyl sites for hydroxylation is 2. The molecule has 0 bridgehead atoms. The fourth-order valence-corrected chi connectivity index (χ4v) is 5.78. The maximum absolute atomic E-state index is 13.6. The molecule has 1 unspecified atom stereocenters. The molecule has 7 nitrogen and oxygen atoms in total. The van der Waals surface area contributed by atoms with E-state index in [2.05, 4.69) is 4.98 Å². The molecule has 7 rings (SSSR count). The Bertz CT molecular complexity index is 1630. The lowest BCUT2D eigenvalue weighted by molar-refractivity contribution is -0.132. The van der Waals surface area contributed by atoms with Gasteiger partial charge in [-0.15, -0.1) is 0 Å². The zero-order chi connectivity index (χ0) is 25.1. The Kier molecular flexibility index (Phi) is 4.86. The van der Waals surface area contributed by atoms with Crippen molar-refractivity contribution in [2.24, 2.45) is 0 Å². The highest BCUT2D eigenvalue weighted by atomic mass is 16.7. The summed E-state index contributed by atoms with van der Waals surface area (Å²) in [6.07, 6.45) is 6.01. The number of aromatic nitrogens is 1. The molecule has 2 N–H and O–H groups in total. The normalized spacial score (nSPS) is 20.0. The Morgan fingerprint density at radius 1 is 0.919 bits per heavy atom. The first-order valence-corrected chi connectivity index (χ1v) is 12.5. The van der Waals surface area contributed by atoms with Gasteiger partial charge in [-0.05, 0) is 61.1 Å². The summed E-state index contributed by atoms with van der Waals surface area (Å²) in [4.78, 5) is 31.9. The van der Waals surface area contributed by atoms with E-state index < -0.39 is 17.7 Å². The van der Waals surface area contributed by atoms with Crippen molar-refractivity contribution in [2.75, 3.05) is 11.7 Å². The molecule has 4 aromatic rings. The van der Waals surface area contributed by atoms with Crippen LogP contribution in [0.25, 0.3) is 16.7 Å². The Balaban J connectivity index is 1.44. The zero-order valence-electron chi connectivity index (χ0n) is 20.0. The summed E-state index contributed by atoms with van der Waals surface area (Å²) in [5.41, 5.74) is 5.18. The van der Waals surface area contributed by atoms with Crippen molar-refractivity contribution in [3.63, 3.8) is 0 Å². The van der Waals surface area contributed by atoms with E-state index >= 15 is 0 Å². The molecule has 0 radical (unpaired) electrons. The average molecular weight is 493 g/mol. The predicted octanol–water partition coefficient (Wildman–Crippen LogP) is 5.40. The highest BCUT2D eigenvalue weighted by Crippen LogP contribution is 2.46. The lowest BCUT2D eigenvalue weighted by Gasteiger charge is -2.25. The molecule has 3 aliphatic rings. The lowest BCUT2D eigenvalue weighted by atomic mass is 9.88. The van der Waals surface area contributed by atoms with Gasteiger partial charge in [-0.3, -0.25) is 14.5 Å². The largest absolute Gasteiger partial charge is 0.507 e. The van der Waals surface area contributed by atoms with Crippen LogP contribution < -0.4 is 14.4 Å². The van der Waals surface area contributed by atoms with Gasteiger partial charge in [-0.25, -0.2) is 0 Å². The SMILES string of the molecule is O=C1C(=O)N(c2ccc3c(c2)OCO3)C(c2c[nH]c3ccccc23)/C1=C(\O)c1ccc2c(c1)CCCC2. The minimum atomic E-state index is -0.826. The number of aliphatic hydroxyl groups excluding tert-OH is 1. The molecule has 0 spiro atoms. The molecule has 7 heteroatoms. The third-order valence-electron chi connectivity index (χ3n) is 7.62. The fourth-order valence-electron chi connectivity index (χ4n) is 5.78. The van der Waals surface area contributed by atoms with Gasteiger partial charge in [0.05, 0.1) is 11.6 Å². The van der Waals surface area contributed by atoms with Crippen molar-refractivity contribution in [1.82, 2.24) is 4.98 Å². The van der Waals surface area contributed by atoms with Crippen LogP contribution in [0.5, 0.6) is 11.5 Å². The van der Waals surface area contributed by atoms with E-state index in [0.29, 0.717) is 22.7 Å². The van der Waals surface area contributed by atoms with Gasteiger partial charge in [0.15, 0.2) is 11.5 Å². The first-order valence-electron chi connectivity index (χ1n) is 12.5. The summed E-state index contributed by atoms with van der Waals surface area (Å²) in [6.45, 7) is 0.0990. The molecule has 3 heterocycles. The molecule has 37 heavy (non-hydrogen) atoms. The van der Waals surface area contributed by atoms with Crippen LogP contribution in [0.1, 0.15) is 41.1 Å². The summed E-state index contributed by atoms with van der Waals surface area (Å²) in [5.74, 6) is -0.494. The van der Waals surface area contributed by atoms with Gasteiger partial charge in [-0.1, -0.05) is 30.3 Å². The Morgan fingerprint density at radius 2 is 1.73 bits per heavy atom. The predicted molar refractivity (Wildman–Crippen MR) is 139 cm³/mol. The van der Waals surface area contributed by atoms with Crippen molar-refractivity contribution in [3.05, 3.63) is 94.7 Å². The van der Waals surface area contributed by atoms with Crippen LogP contribution in [0.4, 0.5) is 5.69 Å². The van der Waals surface area contributed by atoms with E-state index in [-0.39, 0.29) is 18.1 Å². The fraction of sp³-hybridized carbons (Fsp3) is 0.200. The number of para-hydroxylation sites is 1. The van der Waals surface area contributed by atoms with Crippen LogP contribution in [0.2, 0.25) is 0 Å². The van der Waals surface area contributed by atoms with Crippen LogP contribution in [-0.2, 0) is 22.4 Å². The van der Waals surface area contributed by atoms with Crippen LogP contribution >= 0.6 is 0 Å². The van der Waals surface area contributed by atoms with Crippen molar-refractivity contribution in [3.8, 4) is 11.5 Å². The Morgan fingerprint density at radius 3 is 2.62 bits per heavy atom. The number of amides is 1. The number of nitrogens with one attached hydrogen (secondary N) is 1. The lowest BCUT2D eigenvalue weighted by Crippen LogP contribution is -2.29. The van der Waals surface area contributed by atoms with E-state index in [1.54, 1.807) is 24.4 Å². The van der Waals surface area contributed by atoms with Crippen LogP contribution in [0, 0.1) is 0 Å². The van der Waals surface area contributed by atoms with Crippen LogP contribution in [-0.4, -0.2) is 28.6 Å². The summed E-state index contributed by atoms with van der Waals surface area (Å²) in [5, 5.41) is 12.5. The monoisotopic (exact) mass is 492 g/mol. The molecular weight excluding hydrogens is 468 g/mol. The number of ketones is 1. The first kappa shape index (κ1) is 21.7. The Labute approximate surface area is 212 Å². The highest BCUT2D eigenvalue weighted by molar-refractivity contribution is 6.52. The van der Waals surface area contributed by atoms with Crippen LogP contribution in [0.3, 0.4) is 0 Å². The van der Waals surface area contributed by atoms with Crippen molar-refractivity contribution < 1.29 is 24.2 Å². The number of nitrogens with zero attached hydrogens (tertiary/aromatic N) is 1. The number of benzene rings is 3. The molecule has 1 aromatic heterocycles. The topological polar surface area (TPSA) is 91.9 Å². The van der Waals surface area contributed by atoms with E-state index in [1.165, 1.54) is 16.0 Å². The molecule has 1 fully saturated rings. The van der Waals surface area contributed by atoms with E-state index in [1.807, 2.05) is 42.5 Å². The second kappa shape index (κ2) is 8.27. The van der Waals surface area contributed by atoms with Gasteiger partial charge in [0, 0.05) is 40.0 Å². The molecule has 184 valence electrons. The van der Waals surface area contributed by atoms with Crippen molar-refractivity contribution >= 4 is 34.0 Å². The number of hydrogen-bond donors (Lipinski definition) is 2. The van der Waals surface area contributed by atoms with E-state index in [9.17, 15) is 14.7 Å². The Hall–Kier alpha value is -4.52. The standard InChI is InChI=1S/C30H24N2O5/c33-28(19-10-9-17-5-1-2-6-18(17)13-19)26-27(22-15-31-23-8-4-3-7-21(22)23)32(30(35)29(26)34)20-11-12-24-25(14-20)37-16-36-24/h3-4,7-15,27,31,33H,1-2,5-6,16H2/b28-26+. The number of hydrogen-bond acceptors (Lipinski definition) is 5. The minimum absolute atomic E-state index is 0.0724. The molecule has 1 aliphatic carbocycles.